The fraction of sp³-hybridized carbons (Fsp3) is 0. The lowest BCUT2D eigenvalue weighted by Crippen LogP contribution is -2.29. The van der Waals surface area contributed by atoms with Gasteiger partial charge in [-0.05, 0) is 48.5 Å². The first-order valence-electron chi connectivity index (χ1n) is 9.20. The van der Waals surface area contributed by atoms with Gasteiger partial charge < -0.3 is 20.9 Å². The van der Waals surface area contributed by atoms with Crippen molar-refractivity contribution in [3.8, 4) is 5.75 Å². The number of hydrogen-bond acceptors (Lipinski definition) is 7. The molecule has 0 saturated carbocycles. The van der Waals surface area contributed by atoms with Crippen molar-refractivity contribution in [3.63, 3.8) is 0 Å². The van der Waals surface area contributed by atoms with Crippen LogP contribution in [-0.2, 0) is 0 Å². The second kappa shape index (κ2) is 7.47. The predicted octanol–water partition coefficient (Wildman–Crippen LogP) is 3.31. The minimum absolute atomic E-state index is 0.335. The van der Waals surface area contributed by atoms with E-state index in [2.05, 4.69) is 31.5 Å². The smallest absolute Gasteiger partial charge is 0.323 e. The Morgan fingerprint density at radius 1 is 1.03 bits per heavy atom. The fourth-order valence-corrected chi connectivity index (χ4v) is 3.07. The number of benzene rings is 2. The van der Waals surface area contributed by atoms with E-state index < -0.39 is 0 Å². The summed E-state index contributed by atoms with van der Waals surface area (Å²) >= 11 is 0. The number of aliphatic imine (C=N–C) groups is 1. The molecule has 2 amide bonds. The van der Waals surface area contributed by atoms with Gasteiger partial charge in [-0.2, -0.15) is 5.06 Å². The summed E-state index contributed by atoms with van der Waals surface area (Å²) in [6, 6.07) is 16.1. The molecule has 0 atom stereocenters. The lowest BCUT2D eigenvalue weighted by molar-refractivity contribution is 0.0646. The predicted molar refractivity (Wildman–Crippen MR) is 114 cm³/mol. The number of fused-ring (bicyclic) bond motifs is 2. The van der Waals surface area contributed by atoms with Crippen molar-refractivity contribution in [2.45, 2.75) is 0 Å². The van der Waals surface area contributed by atoms with E-state index >= 15 is 0 Å². The van der Waals surface area contributed by atoms with Gasteiger partial charge in [0, 0.05) is 29.2 Å². The summed E-state index contributed by atoms with van der Waals surface area (Å²) in [6.45, 7) is 0. The molecule has 0 spiro atoms. The van der Waals surface area contributed by atoms with Crippen LogP contribution in [0.3, 0.4) is 0 Å². The summed E-state index contributed by atoms with van der Waals surface area (Å²) in [5.74, 6) is 0.600. The van der Waals surface area contributed by atoms with E-state index in [0.29, 0.717) is 17.1 Å². The number of pyridine rings is 1. The second-order valence-electron chi connectivity index (χ2n) is 6.54. The molecular weight excluding hydrogens is 382 g/mol. The number of nitrogens with one attached hydrogen (secondary N) is 4. The molecule has 0 unspecified atom stereocenters. The Kier molecular flexibility index (Phi) is 4.37. The normalized spacial score (nSPS) is 14.2. The summed E-state index contributed by atoms with van der Waals surface area (Å²) in [4.78, 5) is 26.5. The summed E-state index contributed by atoms with van der Waals surface area (Å²) in [5, 5.41) is 8.14. The number of hydrogen-bond donors (Lipinski definition) is 4. The maximum atomic E-state index is 12.3. The van der Waals surface area contributed by atoms with Crippen molar-refractivity contribution in [2.24, 2.45) is 4.99 Å². The van der Waals surface area contributed by atoms with Crippen molar-refractivity contribution in [2.75, 3.05) is 10.6 Å². The van der Waals surface area contributed by atoms with Crippen LogP contribution in [0.2, 0.25) is 0 Å². The van der Waals surface area contributed by atoms with Gasteiger partial charge in [0.2, 0.25) is 0 Å². The third kappa shape index (κ3) is 3.59. The Labute approximate surface area is 171 Å². The standard InChI is InChI=1S/C21H17N7O2/c29-21(26-16-5-8-18-14(10-16)2-1-9-23-18)25-15-3-6-17(7-4-15)30-28-13-22-11-19-20(28)12-24-27-19/h1-13,24,27H,(H2,25,26,29). The first kappa shape index (κ1) is 17.6. The Hall–Kier alpha value is -4.53. The number of carbonyl (C=O) groups excluding carboxylic acids is 1. The summed E-state index contributed by atoms with van der Waals surface area (Å²) in [7, 11) is 0. The van der Waals surface area contributed by atoms with E-state index in [1.165, 1.54) is 0 Å². The Bertz CT molecular complexity index is 1200. The zero-order valence-electron chi connectivity index (χ0n) is 15.7. The third-order valence-corrected chi connectivity index (χ3v) is 4.48. The average molecular weight is 399 g/mol. The van der Waals surface area contributed by atoms with Crippen molar-refractivity contribution >= 4 is 34.6 Å². The maximum Gasteiger partial charge on any atom is 0.323 e. The van der Waals surface area contributed by atoms with Crippen LogP contribution in [-0.4, -0.2) is 22.4 Å². The van der Waals surface area contributed by atoms with Gasteiger partial charge in [-0.15, -0.1) is 0 Å². The highest BCUT2D eigenvalue weighted by Crippen LogP contribution is 2.23. The molecule has 5 rings (SSSR count). The molecule has 0 saturated heterocycles. The van der Waals surface area contributed by atoms with Crippen molar-refractivity contribution in [1.29, 1.82) is 0 Å². The number of rotatable bonds is 4. The van der Waals surface area contributed by atoms with E-state index in [9.17, 15) is 4.79 Å². The van der Waals surface area contributed by atoms with Crippen LogP contribution >= 0.6 is 0 Å². The van der Waals surface area contributed by atoms with E-state index in [4.69, 9.17) is 4.84 Å². The van der Waals surface area contributed by atoms with Crippen LogP contribution in [0.4, 0.5) is 16.2 Å². The number of amides is 2. The second-order valence-corrected chi connectivity index (χ2v) is 6.54. The first-order valence-corrected chi connectivity index (χ1v) is 9.20. The quantitative estimate of drug-likeness (QED) is 0.537. The van der Waals surface area contributed by atoms with E-state index in [1.807, 2.05) is 30.3 Å². The van der Waals surface area contributed by atoms with Crippen LogP contribution in [0, 0.1) is 0 Å². The minimum Gasteiger partial charge on any atom is -0.374 e. The molecule has 0 fully saturated rings. The van der Waals surface area contributed by atoms with Gasteiger partial charge in [0.05, 0.1) is 11.7 Å². The van der Waals surface area contributed by atoms with E-state index in [-0.39, 0.29) is 6.03 Å². The fourth-order valence-electron chi connectivity index (χ4n) is 3.07. The molecule has 4 N–H and O–H groups in total. The Morgan fingerprint density at radius 3 is 2.77 bits per heavy atom. The SMILES string of the molecule is O=C(Nc1ccc(ON2C=NC=C3NNC=C32)cc1)Nc1ccc2ncccc2c1. The number of urea groups is 1. The number of hydroxylamine groups is 2. The third-order valence-electron chi connectivity index (χ3n) is 4.48. The van der Waals surface area contributed by atoms with Gasteiger partial charge in [0.25, 0.3) is 0 Å². The molecular formula is C21H17N7O2. The lowest BCUT2D eigenvalue weighted by Gasteiger charge is -2.22. The largest absolute Gasteiger partial charge is 0.374 e. The summed E-state index contributed by atoms with van der Waals surface area (Å²) in [5.41, 5.74) is 9.69. The van der Waals surface area contributed by atoms with Crippen molar-refractivity contribution < 1.29 is 9.63 Å². The highest BCUT2D eigenvalue weighted by atomic mass is 16.7. The Morgan fingerprint density at radius 2 is 1.87 bits per heavy atom. The molecule has 3 heterocycles. The van der Waals surface area contributed by atoms with Gasteiger partial charge >= 0.3 is 6.03 Å². The molecule has 1 aromatic heterocycles. The van der Waals surface area contributed by atoms with Gasteiger partial charge in [0.1, 0.15) is 17.7 Å². The van der Waals surface area contributed by atoms with Gasteiger partial charge in [-0.25, -0.2) is 9.79 Å². The van der Waals surface area contributed by atoms with Crippen LogP contribution in [0.15, 0.2) is 89.6 Å². The van der Waals surface area contributed by atoms with E-state index in [0.717, 1.165) is 22.3 Å². The molecule has 2 aliphatic heterocycles. The van der Waals surface area contributed by atoms with Crippen LogP contribution in [0.1, 0.15) is 0 Å². The number of aromatic nitrogens is 1. The molecule has 30 heavy (non-hydrogen) atoms. The number of anilines is 2. The monoisotopic (exact) mass is 399 g/mol. The Balaban J connectivity index is 1.21. The minimum atomic E-state index is -0.335. The molecule has 2 aliphatic rings. The summed E-state index contributed by atoms with van der Waals surface area (Å²) in [6.07, 6.45) is 6.79. The van der Waals surface area contributed by atoms with Crippen molar-refractivity contribution in [3.05, 3.63) is 84.6 Å². The molecule has 0 aliphatic carbocycles. The first-order chi connectivity index (χ1) is 14.7. The lowest BCUT2D eigenvalue weighted by atomic mass is 10.2. The number of nitrogens with zero attached hydrogens (tertiary/aromatic N) is 3. The maximum absolute atomic E-state index is 12.3. The van der Waals surface area contributed by atoms with E-state index in [1.54, 1.807) is 54.3 Å². The van der Waals surface area contributed by atoms with Gasteiger partial charge in [-0.1, -0.05) is 6.07 Å². The number of carbonyl (C=O) groups is 1. The van der Waals surface area contributed by atoms with Gasteiger partial charge in [-0.3, -0.25) is 10.4 Å². The molecule has 9 heteroatoms. The van der Waals surface area contributed by atoms with Crippen LogP contribution in [0.5, 0.6) is 5.75 Å². The molecule has 2 aromatic carbocycles. The molecule has 0 radical (unpaired) electrons. The van der Waals surface area contributed by atoms with Crippen LogP contribution in [0.25, 0.3) is 10.9 Å². The summed E-state index contributed by atoms with van der Waals surface area (Å²) < 4.78 is 0. The zero-order valence-corrected chi connectivity index (χ0v) is 15.7. The number of hydrazine groups is 1. The average Bonchev–Trinajstić information content (AvgIpc) is 3.25. The highest BCUT2D eigenvalue weighted by Gasteiger charge is 2.21. The topological polar surface area (TPSA) is 103 Å². The molecule has 0 bridgehead atoms. The zero-order chi connectivity index (χ0) is 20.3. The van der Waals surface area contributed by atoms with Crippen LogP contribution < -0.4 is 26.3 Å². The van der Waals surface area contributed by atoms with Crippen molar-refractivity contribution in [1.82, 2.24) is 20.9 Å². The molecule has 9 nitrogen and oxygen atoms in total. The molecule has 3 aromatic rings. The highest BCUT2D eigenvalue weighted by molar-refractivity contribution is 6.00. The van der Waals surface area contributed by atoms with Gasteiger partial charge in [0.15, 0.2) is 5.75 Å². The molecule has 148 valence electrons.